The fourth-order valence-corrected chi connectivity index (χ4v) is 1.41. The largest absolute Gasteiger partial charge is 0.380 e. The monoisotopic (exact) mass is 204 g/mol. The van der Waals surface area contributed by atoms with Crippen LogP contribution in [0.2, 0.25) is 10.0 Å². The fourth-order valence-electron chi connectivity index (χ4n) is 0.954. The standard InChI is InChI=1S/C9H10Cl2O/c1-6-3-9(11)7(5-12-2)4-8(6)10/h3-4H,5H2,1-2H3. The second-order valence-electron chi connectivity index (χ2n) is 2.63. The van der Waals surface area contributed by atoms with Gasteiger partial charge in [-0.2, -0.15) is 0 Å². The van der Waals surface area contributed by atoms with Gasteiger partial charge in [0.2, 0.25) is 0 Å². The van der Waals surface area contributed by atoms with Crippen molar-refractivity contribution in [1.82, 2.24) is 0 Å². The molecule has 1 rings (SSSR count). The van der Waals surface area contributed by atoms with Gasteiger partial charge >= 0.3 is 0 Å². The number of hydrogen-bond donors (Lipinski definition) is 0. The molecule has 0 saturated carbocycles. The van der Waals surface area contributed by atoms with E-state index in [1.54, 1.807) is 7.11 Å². The van der Waals surface area contributed by atoms with Gasteiger partial charge in [0.1, 0.15) is 0 Å². The third-order valence-corrected chi connectivity index (χ3v) is 2.39. The molecule has 0 spiro atoms. The summed E-state index contributed by atoms with van der Waals surface area (Å²) in [6.45, 7) is 2.42. The first-order chi connectivity index (χ1) is 5.65. The van der Waals surface area contributed by atoms with Crippen molar-refractivity contribution in [3.8, 4) is 0 Å². The molecule has 12 heavy (non-hydrogen) atoms. The molecule has 0 aromatic heterocycles. The van der Waals surface area contributed by atoms with Crippen LogP contribution in [0.25, 0.3) is 0 Å². The maximum atomic E-state index is 5.94. The molecule has 0 radical (unpaired) electrons. The van der Waals surface area contributed by atoms with Gasteiger partial charge in [-0.25, -0.2) is 0 Å². The zero-order valence-electron chi connectivity index (χ0n) is 7.03. The predicted molar refractivity (Wildman–Crippen MR) is 51.9 cm³/mol. The smallest absolute Gasteiger partial charge is 0.0728 e. The van der Waals surface area contributed by atoms with Crippen molar-refractivity contribution in [3.63, 3.8) is 0 Å². The van der Waals surface area contributed by atoms with Crippen LogP contribution in [0.1, 0.15) is 11.1 Å². The van der Waals surface area contributed by atoms with Crippen molar-refractivity contribution in [2.24, 2.45) is 0 Å². The number of halogens is 2. The molecule has 0 amide bonds. The SMILES string of the molecule is COCc1cc(Cl)c(C)cc1Cl. The predicted octanol–water partition coefficient (Wildman–Crippen LogP) is 3.45. The Morgan fingerprint density at radius 1 is 1.25 bits per heavy atom. The van der Waals surface area contributed by atoms with E-state index in [0.29, 0.717) is 11.6 Å². The van der Waals surface area contributed by atoms with Crippen LogP contribution >= 0.6 is 23.2 Å². The molecule has 0 bridgehead atoms. The summed E-state index contributed by atoms with van der Waals surface area (Å²) in [6, 6.07) is 3.68. The van der Waals surface area contributed by atoms with Crippen molar-refractivity contribution in [3.05, 3.63) is 33.3 Å². The summed E-state index contributed by atoms with van der Waals surface area (Å²) in [5.41, 5.74) is 1.91. The Labute approximate surface area is 82.2 Å². The van der Waals surface area contributed by atoms with E-state index in [-0.39, 0.29) is 0 Å². The Bertz CT molecular complexity index is 284. The Hall–Kier alpha value is -0.240. The van der Waals surface area contributed by atoms with Gasteiger partial charge in [0, 0.05) is 17.2 Å². The van der Waals surface area contributed by atoms with Gasteiger partial charge in [-0.05, 0) is 30.2 Å². The minimum absolute atomic E-state index is 0.499. The molecule has 0 aliphatic rings. The minimum Gasteiger partial charge on any atom is -0.380 e. The number of hydrogen-bond acceptors (Lipinski definition) is 1. The molecule has 3 heteroatoms. The summed E-state index contributed by atoms with van der Waals surface area (Å²) in [6.07, 6.45) is 0. The lowest BCUT2D eigenvalue weighted by atomic mass is 10.1. The van der Waals surface area contributed by atoms with E-state index in [0.717, 1.165) is 16.1 Å². The van der Waals surface area contributed by atoms with Gasteiger partial charge in [0.15, 0.2) is 0 Å². The summed E-state index contributed by atoms with van der Waals surface area (Å²) in [5, 5.41) is 1.44. The lowest BCUT2D eigenvalue weighted by Gasteiger charge is -2.05. The summed E-state index contributed by atoms with van der Waals surface area (Å²) in [5.74, 6) is 0. The second kappa shape index (κ2) is 4.13. The third-order valence-electron chi connectivity index (χ3n) is 1.63. The normalized spacial score (nSPS) is 10.3. The quantitative estimate of drug-likeness (QED) is 0.718. The maximum Gasteiger partial charge on any atom is 0.0728 e. The molecule has 0 unspecified atom stereocenters. The van der Waals surface area contributed by atoms with E-state index >= 15 is 0 Å². The van der Waals surface area contributed by atoms with Gasteiger partial charge in [-0.3, -0.25) is 0 Å². The van der Waals surface area contributed by atoms with Crippen LogP contribution < -0.4 is 0 Å². The maximum absolute atomic E-state index is 5.94. The molecule has 0 aliphatic heterocycles. The van der Waals surface area contributed by atoms with E-state index in [9.17, 15) is 0 Å². The third kappa shape index (κ3) is 2.13. The van der Waals surface area contributed by atoms with Crippen LogP contribution in [0.15, 0.2) is 12.1 Å². The first-order valence-corrected chi connectivity index (χ1v) is 4.34. The molecule has 0 saturated heterocycles. The number of ether oxygens (including phenoxy) is 1. The average molecular weight is 205 g/mol. The van der Waals surface area contributed by atoms with E-state index < -0.39 is 0 Å². The van der Waals surface area contributed by atoms with Gasteiger partial charge in [0.25, 0.3) is 0 Å². The molecule has 1 aromatic rings. The van der Waals surface area contributed by atoms with Crippen LogP contribution in [0.3, 0.4) is 0 Å². The minimum atomic E-state index is 0.499. The van der Waals surface area contributed by atoms with Crippen LogP contribution in [0, 0.1) is 6.92 Å². The van der Waals surface area contributed by atoms with Crippen LogP contribution in [0.5, 0.6) is 0 Å². The highest BCUT2D eigenvalue weighted by atomic mass is 35.5. The van der Waals surface area contributed by atoms with Crippen LogP contribution in [-0.2, 0) is 11.3 Å². The number of benzene rings is 1. The van der Waals surface area contributed by atoms with Gasteiger partial charge in [-0.1, -0.05) is 23.2 Å². The molecule has 1 aromatic carbocycles. The molecule has 0 aliphatic carbocycles. The van der Waals surface area contributed by atoms with Gasteiger partial charge < -0.3 is 4.74 Å². The number of aryl methyl sites for hydroxylation is 1. The van der Waals surface area contributed by atoms with E-state index in [1.165, 1.54) is 0 Å². The highest BCUT2D eigenvalue weighted by molar-refractivity contribution is 6.34. The average Bonchev–Trinajstić information content (AvgIpc) is 2.01. The summed E-state index contributed by atoms with van der Waals surface area (Å²) >= 11 is 11.8. The van der Waals surface area contributed by atoms with Crippen molar-refractivity contribution < 1.29 is 4.74 Å². The first kappa shape index (κ1) is 9.85. The fraction of sp³-hybridized carbons (Fsp3) is 0.333. The Morgan fingerprint density at radius 3 is 2.50 bits per heavy atom. The molecule has 0 atom stereocenters. The van der Waals surface area contributed by atoms with Crippen molar-refractivity contribution in [2.75, 3.05) is 7.11 Å². The van der Waals surface area contributed by atoms with Gasteiger partial charge in [-0.15, -0.1) is 0 Å². The van der Waals surface area contributed by atoms with Crippen molar-refractivity contribution in [1.29, 1.82) is 0 Å². The van der Waals surface area contributed by atoms with Crippen molar-refractivity contribution >= 4 is 23.2 Å². The lowest BCUT2D eigenvalue weighted by molar-refractivity contribution is 0.185. The summed E-state index contributed by atoms with van der Waals surface area (Å²) < 4.78 is 4.96. The Kier molecular flexibility index (Phi) is 3.39. The topological polar surface area (TPSA) is 9.23 Å². The zero-order valence-corrected chi connectivity index (χ0v) is 8.54. The van der Waals surface area contributed by atoms with Gasteiger partial charge in [0.05, 0.1) is 6.61 Å². The number of methoxy groups -OCH3 is 1. The van der Waals surface area contributed by atoms with Crippen LogP contribution in [0.4, 0.5) is 0 Å². The number of rotatable bonds is 2. The molecule has 0 N–H and O–H groups in total. The van der Waals surface area contributed by atoms with Crippen LogP contribution in [-0.4, -0.2) is 7.11 Å². The van der Waals surface area contributed by atoms with E-state index in [4.69, 9.17) is 27.9 Å². The molecule has 66 valence electrons. The summed E-state index contributed by atoms with van der Waals surface area (Å²) in [4.78, 5) is 0. The molecule has 0 heterocycles. The molecule has 1 nitrogen and oxygen atoms in total. The molecule has 0 fully saturated rings. The van der Waals surface area contributed by atoms with E-state index in [2.05, 4.69) is 0 Å². The zero-order chi connectivity index (χ0) is 9.14. The highest BCUT2D eigenvalue weighted by Gasteiger charge is 2.03. The second-order valence-corrected chi connectivity index (χ2v) is 3.44. The lowest BCUT2D eigenvalue weighted by Crippen LogP contribution is -1.90. The molecular formula is C9H10Cl2O. The van der Waals surface area contributed by atoms with E-state index in [1.807, 2.05) is 19.1 Å². The highest BCUT2D eigenvalue weighted by Crippen LogP contribution is 2.24. The molecular weight excluding hydrogens is 195 g/mol. The first-order valence-electron chi connectivity index (χ1n) is 3.58. The van der Waals surface area contributed by atoms with Crippen molar-refractivity contribution in [2.45, 2.75) is 13.5 Å². The Morgan fingerprint density at radius 2 is 1.92 bits per heavy atom. The summed E-state index contributed by atoms with van der Waals surface area (Å²) in [7, 11) is 1.63. The Balaban J connectivity index is 3.05.